The van der Waals surface area contributed by atoms with Crippen LogP contribution in [0.4, 0.5) is 0 Å². The Hall–Kier alpha value is -4.50. The molecule has 6 aromatic carbocycles. The van der Waals surface area contributed by atoms with Gasteiger partial charge in [0.25, 0.3) is 0 Å². The first-order valence-corrected chi connectivity index (χ1v) is 31.9. The zero-order valence-corrected chi connectivity index (χ0v) is 39.7. The Morgan fingerprint density at radius 1 is 0.448 bits per heavy atom. The van der Waals surface area contributed by atoms with E-state index < -0.39 is 24.7 Å². The molecule has 0 saturated carbocycles. The molecule has 4 heteroatoms. The van der Waals surface area contributed by atoms with Crippen LogP contribution in [0, 0.1) is 13.8 Å². The molecule has 2 aliphatic rings. The number of hydrogen-bond donors (Lipinski definition) is 0. The van der Waals surface area contributed by atoms with Crippen LogP contribution >= 0.6 is 0 Å². The van der Waals surface area contributed by atoms with Gasteiger partial charge in [-0.3, -0.25) is 0 Å². The molecule has 0 aromatic heterocycles. The topological polar surface area (TPSA) is 18.5 Å². The van der Waals surface area contributed by atoms with Gasteiger partial charge in [0.2, 0.25) is 0 Å². The van der Waals surface area contributed by atoms with E-state index in [0.29, 0.717) is 0 Å². The van der Waals surface area contributed by atoms with E-state index in [0.717, 1.165) is 11.5 Å². The van der Waals surface area contributed by atoms with Crippen LogP contribution in [0.25, 0.3) is 12.2 Å². The number of hydrogen-bond acceptors (Lipinski definition) is 2. The molecule has 0 heterocycles. The van der Waals surface area contributed by atoms with Crippen LogP contribution in [0.15, 0.2) is 157 Å². The molecular weight excluding hydrogens is 800 g/mol. The summed E-state index contributed by atoms with van der Waals surface area (Å²) in [6, 6.07) is 54.8. The average molecular weight is 859 g/mol. The molecular formula is C54H59O2SiZr. The summed E-state index contributed by atoms with van der Waals surface area (Å²) in [4.78, 5) is 0. The molecule has 2 aliphatic carbocycles. The summed E-state index contributed by atoms with van der Waals surface area (Å²) in [5, 5.41) is 2.70. The molecule has 0 spiro atoms. The summed E-state index contributed by atoms with van der Waals surface area (Å²) in [6.07, 6.45) is 4.89. The van der Waals surface area contributed by atoms with Crippen LogP contribution in [0.5, 0.6) is 11.5 Å². The van der Waals surface area contributed by atoms with Gasteiger partial charge in [0.05, 0.1) is 0 Å². The Kier molecular flexibility index (Phi) is 10.4. The van der Waals surface area contributed by atoms with Crippen molar-refractivity contribution >= 4 is 28.4 Å². The second-order valence-electron chi connectivity index (χ2n) is 19.1. The van der Waals surface area contributed by atoms with Crippen LogP contribution in [-0.4, -0.2) is 5.92 Å². The molecule has 0 bridgehead atoms. The van der Waals surface area contributed by atoms with E-state index in [1.54, 1.807) is 0 Å². The van der Waals surface area contributed by atoms with E-state index >= 15 is 0 Å². The molecule has 295 valence electrons. The third-order valence-corrected chi connectivity index (χ3v) is 47.3. The van der Waals surface area contributed by atoms with E-state index in [1.807, 2.05) is 0 Å². The van der Waals surface area contributed by atoms with Gasteiger partial charge >= 0.3 is 353 Å². The second kappa shape index (κ2) is 15.0. The minimum absolute atomic E-state index is 0.113. The number of allylic oxidation sites excluding steroid dienone is 2. The first-order chi connectivity index (χ1) is 27.6. The van der Waals surface area contributed by atoms with Crippen LogP contribution in [0.2, 0.25) is 0 Å². The van der Waals surface area contributed by atoms with Gasteiger partial charge in [0.1, 0.15) is 0 Å². The molecule has 0 aliphatic heterocycles. The Morgan fingerprint density at radius 2 is 0.810 bits per heavy atom. The standard InChI is InChI=1S/C12H11Si.2C11H16O.2C10H9.Zr/c1-3-7-11(8-4-1)13-12-9-5-2-6-10-12;2*1-8-5-6-10(12)9(7-8)11(2,3)4;2*1-8-6-9-4-2-3-5-10(9)7-8;/h1-10,13H;2*5-7,12H,1-4H3;2*2-7H,1H3;/q;;;;;+2/p-2. The quantitative estimate of drug-likeness (QED) is 0.135. The SMILES string of the molecule is CC1=Cc2ccccc2[CH]1[Zr]([O]c1ccc(C)cc1C(C)(C)C)([O]c1ccc(C)cc1C(C)(C)C)([CH]1C(C)=Cc2ccccc21)[SiH](c1ccccc1)c1ccccc1. The molecule has 0 amide bonds. The van der Waals surface area contributed by atoms with Gasteiger partial charge in [-0.05, 0) is 0 Å². The average Bonchev–Trinajstić information content (AvgIpc) is 3.72. The van der Waals surface area contributed by atoms with Crippen molar-refractivity contribution in [3.05, 3.63) is 201 Å². The first kappa shape index (κ1) is 40.3. The van der Waals surface area contributed by atoms with Crippen molar-refractivity contribution in [2.75, 3.05) is 0 Å². The summed E-state index contributed by atoms with van der Waals surface area (Å²) in [5.41, 5.74) is 12.3. The number of benzene rings is 6. The van der Waals surface area contributed by atoms with Gasteiger partial charge in [-0.2, -0.15) is 0 Å². The van der Waals surface area contributed by atoms with E-state index in [-0.39, 0.29) is 18.1 Å². The zero-order chi connectivity index (χ0) is 41.1. The Bertz CT molecular complexity index is 2380. The summed E-state index contributed by atoms with van der Waals surface area (Å²) in [7, 11) is 0. The van der Waals surface area contributed by atoms with Gasteiger partial charge in [0.15, 0.2) is 0 Å². The van der Waals surface area contributed by atoms with Gasteiger partial charge in [0, 0.05) is 0 Å². The molecule has 0 saturated heterocycles. The summed E-state index contributed by atoms with van der Waals surface area (Å²) in [5.74, 6) is -0.766. The molecule has 2 atom stereocenters. The molecule has 0 N–H and O–H groups in total. The fourth-order valence-electron chi connectivity index (χ4n) is 10.6. The summed E-state index contributed by atoms with van der Waals surface area (Å²) < 4.78 is 17.7. The zero-order valence-electron chi connectivity index (χ0n) is 36.1. The molecule has 8 rings (SSSR count). The van der Waals surface area contributed by atoms with Gasteiger partial charge < -0.3 is 0 Å². The van der Waals surface area contributed by atoms with Crippen LogP contribution in [0.3, 0.4) is 0 Å². The molecule has 2 unspecified atom stereocenters. The summed E-state index contributed by atoms with van der Waals surface area (Å²) >= 11 is -6.14. The van der Waals surface area contributed by atoms with Crippen molar-refractivity contribution in [1.29, 1.82) is 0 Å². The third kappa shape index (κ3) is 6.75. The van der Waals surface area contributed by atoms with Crippen molar-refractivity contribution in [3.63, 3.8) is 0 Å². The van der Waals surface area contributed by atoms with E-state index in [1.165, 1.54) is 66.0 Å². The maximum absolute atomic E-state index is 8.97. The predicted molar refractivity (Wildman–Crippen MR) is 246 cm³/mol. The van der Waals surface area contributed by atoms with E-state index in [2.05, 4.69) is 227 Å². The Labute approximate surface area is 350 Å². The van der Waals surface area contributed by atoms with Crippen molar-refractivity contribution < 1.29 is 24.4 Å². The number of rotatable bonds is 9. The monoisotopic (exact) mass is 857 g/mol. The first-order valence-electron chi connectivity index (χ1n) is 21.0. The molecule has 0 fully saturated rings. The van der Waals surface area contributed by atoms with Gasteiger partial charge in [-0.15, -0.1) is 0 Å². The Balaban J connectivity index is 1.68. The van der Waals surface area contributed by atoms with Crippen LogP contribution < -0.4 is 16.0 Å². The predicted octanol–water partition coefficient (Wildman–Crippen LogP) is 12.7. The normalized spacial score (nSPS) is 17.2. The van der Waals surface area contributed by atoms with Crippen LogP contribution in [-0.2, 0) is 29.7 Å². The van der Waals surface area contributed by atoms with Gasteiger partial charge in [-0.1, -0.05) is 0 Å². The van der Waals surface area contributed by atoms with Crippen molar-refractivity contribution in [1.82, 2.24) is 0 Å². The molecule has 2 nitrogen and oxygen atoms in total. The summed E-state index contributed by atoms with van der Waals surface area (Å²) in [6.45, 7) is 23.1. The van der Waals surface area contributed by atoms with E-state index in [9.17, 15) is 0 Å². The van der Waals surface area contributed by atoms with Crippen molar-refractivity contribution in [2.45, 2.75) is 87.3 Å². The Morgan fingerprint density at radius 3 is 1.19 bits per heavy atom. The van der Waals surface area contributed by atoms with Crippen LogP contribution in [0.1, 0.15) is 107 Å². The van der Waals surface area contributed by atoms with Crippen molar-refractivity contribution in [3.8, 4) is 11.5 Å². The maximum atomic E-state index is 8.97. The minimum atomic E-state index is -6.14. The fraction of sp³-hybridized carbons (Fsp3) is 0.259. The molecule has 6 aromatic rings. The molecule has 58 heavy (non-hydrogen) atoms. The fourth-order valence-corrected chi connectivity index (χ4v) is 54.7. The number of fused-ring (bicyclic) bond motifs is 2. The van der Waals surface area contributed by atoms with Crippen molar-refractivity contribution in [2.24, 2.45) is 0 Å². The van der Waals surface area contributed by atoms with E-state index in [4.69, 9.17) is 5.63 Å². The second-order valence-corrected chi connectivity index (χ2v) is 42.5. The third-order valence-electron chi connectivity index (χ3n) is 12.8. The molecule has 0 radical (unpaired) electrons. The van der Waals surface area contributed by atoms with Gasteiger partial charge in [-0.25, -0.2) is 0 Å². The number of aryl methyl sites for hydroxylation is 2.